The van der Waals surface area contributed by atoms with Crippen molar-refractivity contribution >= 4 is 15.9 Å². The summed E-state index contributed by atoms with van der Waals surface area (Å²) in [5, 5.41) is 21.5. The van der Waals surface area contributed by atoms with Gasteiger partial charge in [0.25, 0.3) is 0 Å². The molecule has 1 aliphatic carbocycles. The highest BCUT2D eigenvalue weighted by Crippen LogP contribution is 2.33. The molecular formula is C21H38N4O5S. The summed E-state index contributed by atoms with van der Waals surface area (Å²) in [7, 11) is -3.70. The lowest BCUT2D eigenvalue weighted by atomic mass is 9.83. The molecule has 1 aromatic rings. The fourth-order valence-electron chi connectivity index (χ4n) is 4.19. The lowest BCUT2D eigenvalue weighted by molar-refractivity contribution is -0.118. The predicted octanol–water partition coefficient (Wildman–Crippen LogP) is 1.25. The normalized spacial score (nSPS) is 18.5. The van der Waals surface area contributed by atoms with Crippen molar-refractivity contribution in [2.75, 3.05) is 12.3 Å². The van der Waals surface area contributed by atoms with Gasteiger partial charge in [-0.2, -0.15) is 0 Å². The largest absolute Gasteiger partial charge is 0.389 e. The molecule has 10 heteroatoms. The van der Waals surface area contributed by atoms with E-state index in [2.05, 4.69) is 9.71 Å². The number of hydrogen-bond acceptors (Lipinski definition) is 6. The first kappa shape index (κ1) is 25.8. The summed E-state index contributed by atoms with van der Waals surface area (Å²) in [6.07, 6.45) is 9.01. The van der Waals surface area contributed by atoms with Gasteiger partial charge in [0.15, 0.2) is 0 Å². The van der Waals surface area contributed by atoms with Crippen LogP contribution in [0.1, 0.15) is 76.4 Å². The number of sulfonamides is 1. The molecule has 0 radical (unpaired) electrons. The molecule has 178 valence electrons. The zero-order valence-corrected chi connectivity index (χ0v) is 19.3. The third-order valence-electron chi connectivity index (χ3n) is 6.00. The predicted molar refractivity (Wildman–Crippen MR) is 119 cm³/mol. The Balaban J connectivity index is 2.11. The van der Waals surface area contributed by atoms with Gasteiger partial charge in [0.05, 0.1) is 29.9 Å². The van der Waals surface area contributed by atoms with E-state index in [0.29, 0.717) is 37.4 Å². The Labute approximate surface area is 185 Å². The van der Waals surface area contributed by atoms with E-state index in [4.69, 9.17) is 5.73 Å². The van der Waals surface area contributed by atoms with E-state index in [1.54, 1.807) is 17.1 Å². The Morgan fingerprint density at radius 3 is 2.68 bits per heavy atom. The fourth-order valence-corrected chi connectivity index (χ4v) is 5.41. The van der Waals surface area contributed by atoms with Crippen molar-refractivity contribution in [3.05, 3.63) is 18.2 Å². The molecule has 0 aliphatic heterocycles. The fraction of sp³-hybridized carbons (Fsp3) is 0.810. The molecule has 9 nitrogen and oxygen atoms in total. The SMILES string of the molecule is CCCCNS(=O)(=O)CC(O)C(O)C(CC1CCCCC1)n1cnc(CCC(N)=O)c1. The minimum absolute atomic E-state index is 0.178. The summed E-state index contributed by atoms with van der Waals surface area (Å²) in [6.45, 7) is 2.28. The first-order valence-electron chi connectivity index (χ1n) is 11.4. The number of amides is 1. The summed E-state index contributed by atoms with van der Waals surface area (Å²) in [4.78, 5) is 15.4. The Hall–Kier alpha value is -1.49. The number of imidazole rings is 1. The van der Waals surface area contributed by atoms with Crippen LogP contribution in [-0.4, -0.2) is 58.6 Å². The molecule has 0 aromatic carbocycles. The van der Waals surface area contributed by atoms with Gasteiger partial charge in [-0.25, -0.2) is 18.1 Å². The van der Waals surface area contributed by atoms with Crippen molar-refractivity contribution in [2.24, 2.45) is 11.7 Å². The van der Waals surface area contributed by atoms with Crippen LogP contribution in [0.3, 0.4) is 0 Å². The van der Waals surface area contributed by atoms with Gasteiger partial charge in [0.1, 0.15) is 6.10 Å². The summed E-state index contributed by atoms with van der Waals surface area (Å²) in [5.41, 5.74) is 5.88. The van der Waals surface area contributed by atoms with Crippen LogP contribution in [0.4, 0.5) is 0 Å². The third-order valence-corrected chi connectivity index (χ3v) is 7.42. The molecule has 1 heterocycles. The maximum Gasteiger partial charge on any atom is 0.217 e. The van der Waals surface area contributed by atoms with Crippen molar-refractivity contribution in [3.8, 4) is 0 Å². The zero-order valence-electron chi connectivity index (χ0n) is 18.4. The monoisotopic (exact) mass is 458 g/mol. The smallest absolute Gasteiger partial charge is 0.217 e. The van der Waals surface area contributed by atoms with Crippen LogP contribution in [0.15, 0.2) is 12.5 Å². The number of carbonyl (C=O) groups is 1. The molecule has 2 rings (SSSR count). The van der Waals surface area contributed by atoms with Crippen LogP contribution in [-0.2, 0) is 21.2 Å². The van der Waals surface area contributed by atoms with Crippen LogP contribution in [0.5, 0.6) is 0 Å². The van der Waals surface area contributed by atoms with Gasteiger partial charge in [0.2, 0.25) is 15.9 Å². The number of aryl methyl sites for hydroxylation is 1. The van der Waals surface area contributed by atoms with E-state index < -0.39 is 39.9 Å². The molecule has 0 saturated heterocycles. The number of aliphatic hydroxyl groups excluding tert-OH is 2. The summed E-state index contributed by atoms with van der Waals surface area (Å²) in [5.74, 6) is -0.566. The molecule has 1 amide bonds. The quantitative estimate of drug-likeness (QED) is 0.309. The maximum atomic E-state index is 12.3. The lowest BCUT2D eigenvalue weighted by Gasteiger charge is -2.32. The Morgan fingerprint density at radius 2 is 2.03 bits per heavy atom. The number of rotatable bonds is 14. The standard InChI is InChI=1S/C21H38N4O5S/c1-2-3-11-24-31(29,30)14-19(26)21(28)18(12-16-7-5-4-6-8-16)25-13-17(23-15-25)9-10-20(22)27/h13,15-16,18-19,21,24,26,28H,2-12,14H2,1H3,(H2,22,27). The van der Waals surface area contributed by atoms with E-state index in [1.807, 2.05) is 6.92 Å². The van der Waals surface area contributed by atoms with E-state index in [1.165, 1.54) is 6.42 Å². The van der Waals surface area contributed by atoms with Crippen LogP contribution in [0.2, 0.25) is 0 Å². The second kappa shape index (κ2) is 12.5. The van der Waals surface area contributed by atoms with Crippen molar-refractivity contribution in [1.29, 1.82) is 0 Å². The zero-order chi connectivity index (χ0) is 22.9. The number of hydrogen-bond donors (Lipinski definition) is 4. The molecule has 3 atom stereocenters. The van der Waals surface area contributed by atoms with Gasteiger partial charge in [-0.3, -0.25) is 4.79 Å². The maximum absolute atomic E-state index is 12.3. The number of nitrogens with two attached hydrogens (primary N) is 1. The summed E-state index contributed by atoms with van der Waals surface area (Å²) in [6, 6.07) is -0.501. The van der Waals surface area contributed by atoms with Gasteiger partial charge >= 0.3 is 0 Å². The molecule has 1 saturated carbocycles. The van der Waals surface area contributed by atoms with Gasteiger partial charge in [0, 0.05) is 19.2 Å². The van der Waals surface area contributed by atoms with Crippen LogP contribution < -0.4 is 10.5 Å². The highest BCUT2D eigenvalue weighted by molar-refractivity contribution is 7.89. The number of primary amides is 1. The first-order chi connectivity index (χ1) is 14.7. The molecule has 1 aromatic heterocycles. The van der Waals surface area contributed by atoms with E-state index in [9.17, 15) is 23.4 Å². The first-order valence-corrected chi connectivity index (χ1v) is 13.0. The van der Waals surface area contributed by atoms with Gasteiger partial charge < -0.3 is 20.5 Å². The number of aliphatic hydroxyl groups is 2. The van der Waals surface area contributed by atoms with Gasteiger partial charge in [-0.15, -0.1) is 0 Å². The summed E-state index contributed by atoms with van der Waals surface area (Å²) < 4.78 is 28.8. The van der Waals surface area contributed by atoms with Crippen molar-refractivity contribution in [3.63, 3.8) is 0 Å². The van der Waals surface area contributed by atoms with Gasteiger partial charge in [-0.1, -0.05) is 45.4 Å². The molecular weight excluding hydrogens is 420 g/mol. The Morgan fingerprint density at radius 1 is 1.32 bits per heavy atom. The lowest BCUT2D eigenvalue weighted by Crippen LogP contribution is -2.43. The van der Waals surface area contributed by atoms with E-state index in [0.717, 1.165) is 32.1 Å². The molecule has 31 heavy (non-hydrogen) atoms. The number of nitrogens with zero attached hydrogens (tertiary/aromatic N) is 2. The number of aromatic nitrogens is 2. The molecule has 3 unspecified atom stereocenters. The molecule has 5 N–H and O–H groups in total. The highest BCUT2D eigenvalue weighted by atomic mass is 32.2. The average Bonchev–Trinajstić information content (AvgIpc) is 3.19. The molecule has 0 bridgehead atoms. The second-order valence-corrected chi connectivity index (χ2v) is 10.5. The van der Waals surface area contributed by atoms with Crippen LogP contribution >= 0.6 is 0 Å². The molecule has 0 spiro atoms. The average molecular weight is 459 g/mol. The van der Waals surface area contributed by atoms with Crippen molar-refractivity contribution < 1.29 is 23.4 Å². The Kier molecular flexibility index (Phi) is 10.4. The minimum atomic E-state index is -3.70. The molecule has 1 fully saturated rings. The van der Waals surface area contributed by atoms with E-state index >= 15 is 0 Å². The summed E-state index contributed by atoms with van der Waals surface area (Å²) >= 11 is 0. The minimum Gasteiger partial charge on any atom is -0.389 e. The Bertz CT molecular complexity index is 776. The third kappa shape index (κ3) is 8.88. The number of nitrogens with one attached hydrogen (secondary N) is 1. The second-order valence-electron chi connectivity index (χ2n) is 8.67. The number of unbranched alkanes of at least 4 members (excludes halogenated alkanes) is 1. The topological polar surface area (TPSA) is 148 Å². The molecule has 1 aliphatic rings. The number of carbonyl (C=O) groups excluding carboxylic acids is 1. The highest BCUT2D eigenvalue weighted by Gasteiger charge is 2.33. The van der Waals surface area contributed by atoms with Crippen molar-refractivity contribution in [1.82, 2.24) is 14.3 Å². The van der Waals surface area contributed by atoms with E-state index in [-0.39, 0.29) is 6.42 Å². The van der Waals surface area contributed by atoms with Crippen molar-refractivity contribution in [2.45, 2.75) is 89.4 Å². The van der Waals surface area contributed by atoms with Crippen LogP contribution in [0, 0.1) is 5.92 Å². The van der Waals surface area contributed by atoms with Gasteiger partial charge in [-0.05, 0) is 25.2 Å². The van der Waals surface area contributed by atoms with Crippen LogP contribution in [0.25, 0.3) is 0 Å².